The van der Waals surface area contributed by atoms with Crippen LogP contribution in [0.5, 0.6) is 0 Å². The highest BCUT2D eigenvalue weighted by molar-refractivity contribution is 5.17. The molecule has 0 radical (unpaired) electrons. The summed E-state index contributed by atoms with van der Waals surface area (Å²) in [7, 11) is 0. The Balaban J connectivity index is 2.23. The fourth-order valence-corrected chi connectivity index (χ4v) is 1.83. The van der Waals surface area contributed by atoms with E-state index < -0.39 is 18.9 Å². The van der Waals surface area contributed by atoms with Crippen LogP contribution >= 0.6 is 0 Å². The van der Waals surface area contributed by atoms with Gasteiger partial charge in [0.25, 0.3) is 0 Å². The fourth-order valence-electron chi connectivity index (χ4n) is 1.83. The lowest BCUT2D eigenvalue weighted by Crippen LogP contribution is -2.18. The largest absolute Gasteiger partial charge is 0.411 e. The molecule has 0 heterocycles. The quantitative estimate of drug-likeness (QED) is 0.769. The number of halogens is 3. The maximum Gasteiger partial charge on any atom is 0.411 e. The van der Waals surface area contributed by atoms with E-state index in [1.165, 1.54) is 0 Å². The van der Waals surface area contributed by atoms with E-state index in [2.05, 4.69) is 4.74 Å². The summed E-state index contributed by atoms with van der Waals surface area (Å²) < 4.78 is 40.0. The average Bonchev–Trinajstić information content (AvgIpc) is 2.37. The molecule has 0 amide bonds. The second-order valence-electron chi connectivity index (χ2n) is 4.64. The Morgan fingerprint density at radius 2 is 1.84 bits per heavy atom. The molecule has 2 nitrogen and oxygen atoms in total. The summed E-state index contributed by atoms with van der Waals surface area (Å²) in [5, 5.41) is 10.1. The fraction of sp³-hybridized carbons (Fsp3) is 0.571. The van der Waals surface area contributed by atoms with Gasteiger partial charge in [0.15, 0.2) is 0 Å². The number of hydrogen-bond acceptors (Lipinski definition) is 2. The highest BCUT2D eigenvalue weighted by atomic mass is 19.4. The molecule has 5 heteroatoms. The van der Waals surface area contributed by atoms with Gasteiger partial charge in [0.05, 0.1) is 6.10 Å². The van der Waals surface area contributed by atoms with Crippen LogP contribution < -0.4 is 0 Å². The Morgan fingerprint density at radius 3 is 2.42 bits per heavy atom. The van der Waals surface area contributed by atoms with Crippen molar-refractivity contribution < 1.29 is 23.0 Å². The van der Waals surface area contributed by atoms with Gasteiger partial charge in [-0.25, -0.2) is 0 Å². The van der Waals surface area contributed by atoms with Crippen LogP contribution in [-0.4, -0.2) is 24.5 Å². The molecule has 0 saturated heterocycles. The van der Waals surface area contributed by atoms with E-state index in [4.69, 9.17) is 0 Å². The van der Waals surface area contributed by atoms with Crippen LogP contribution in [0.15, 0.2) is 30.3 Å². The number of aliphatic hydroxyl groups is 1. The molecule has 2 atom stereocenters. The Morgan fingerprint density at radius 1 is 1.21 bits per heavy atom. The zero-order valence-corrected chi connectivity index (χ0v) is 10.9. The molecule has 0 aromatic heterocycles. The molecule has 0 saturated carbocycles. The summed E-state index contributed by atoms with van der Waals surface area (Å²) in [6.45, 7) is 0.732. The Hall–Kier alpha value is -1.07. The van der Waals surface area contributed by atoms with Crippen LogP contribution in [0.2, 0.25) is 0 Å². The highest BCUT2D eigenvalue weighted by Gasteiger charge is 2.27. The molecular formula is C14H19F3O2. The molecule has 1 aromatic rings. The first-order valence-corrected chi connectivity index (χ1v) is 6.27. The van der Waals surface area contributed by atoms with Crippen molar-refractivity contribution in [2.75, 3.05) is 13.2 Å². The summed E-state index contributed by atoms with van der Waals surface area (Å²) in [6.07, 6.45) is -3.74. The van der Waals surface area contributed by atoms with Gasteiger partial charge in [-0.2, -0.15) is 13.2 Å². The monoisotopic (exact) mass is 276 g/mol. The Labute approximate surface area is 111 Å². The molecule has 0 bridgehead atoms. The predicted molar refractivity (Wildman–Crippen MR) is 66.7 cm³/mol. The van der Waals surface area contributed by atoms with Gasteiger partial charge < -0.3 is 9.84 Å². The van der Waals surface area contributed by atoms with Crippen LogP contribution in [0.4, 0.5) is 13.2 Å². The lowest BCUT2D eigenvalue weighted by Gasteiger charge is -2.19. The number of aliphatic hydroxyl groups excluding tert-OH is 1. The molecule has 0 aliphatic rings. The third kappa shape index (κ3) is 6.59. The van der Waals surface area contributed by atoms with Crippen LogP contribution in [0, 0.1) is 5.92 Å². The first-order valence-electron chi connectivity index (χ1n) is 6.27. The van der Waals surface area contributed by atoms with E-state index in [0.717, 1.165) is 5.56 Å². The third-order valence-electron chi connectivity index (χ3n) is 2.89. The molecule has 0 spiro atoms. The van der Waals surface area contributed by atoms with Crippen LogP contribution in [0.3, 0.4) is 0 Å². The first-order chi connectivity index (χ1) is 8.90. The molecule has 1 aromatic carbocycles. The van der Waals surface area contributed by atoms with E-state index in [-0.39, 0.29) is 12.5 Å². The Kier molecular flexibility index (Phi) is 6.31. The number of rotatable bonds is 7. The maximum absolute atomic E-state index is 11.8. The van der Waals surface area contributed by atoms with Gasteiger partial charge in [0, 0.05) is 6.61 Å². The second-order valence-corrected chi connectivity index (χ2v) is 4.64. The van der Waals surface area contributed by atoms with Crippen molar-refractivity contribution in [2.24, 2.45) is 5.92 Å². The molecule has 0 fully saturated rings. The van der Waals surface area contributed by atoms with Crippen molar-refractivity contribution in [1.82, 2.24) is 0 Å². The van der Waals surface area contributed by atoms with Crippen molar-refractivity contribution in [3.8, 4) is 0 Å². The number of alkyl halides is 3. The minimum atomic E-state index is -4.27. The smallest absolute Gasteiger partial charge is 0.388 e. The normalized spacial score (nSPS) is 15.2. The molecule has 19 heavy (non-hydrogen) atoms. The minimum Gasteiger partial charge on any atom is -0.388 e. The minimum absolute atomic E-state index is 0.0168. The number of hydrogen-bond donors (Lipinski definition) is 1. The van der Waals surface area contributed by atoms with Crippen LogP contribution in [0.25, 0.3) is 0 Å². The lowest BCUT2D eigenvalue weighted by molar-refractivity contribution is -0.174. The zero-order chi connectivity index (χ0) is 14.3. The summed E-state index contributed by atoms with van der Waals surface area (Å²) in [5.74, 6) is -0.0168. The molecule has 0 aliphatic heterocycles. The van der Waals surface area contributed by atoms with E-state index in [9.17, 15) is 18.3 Å². The molecule has 1 N–H and O–H groups in total. The van der Waals surface area contributed by atoms with E-state index >= 15 is 0 Å². The van der Waals surface area contributed by atoms with Gasteiger partial charge >= 0.3 is 6.18 Å². The van der Waals surface area contributed by atoms with Gasteiger partial charge in [-0.1, -0.05) is 37.3 Å². The van der Waals surface area contributed by atoms with Crippen molar-refractivity contribution in [2.45, 2.75) is 32.0 Å². The summed E-state index contributed by atoms with van der Waals surface area (Å²) in [4.78, 5) is 0. The molecule has 108 valence electrons. The standard InChI is InChI=1S/C14H19F3O2/c1-11(6-5-9-19-10-14(15,16)17)13(18)12-7-3-2-4-8-12/h2-4,7-8,11,13,18H,5-6,9-10H2,1H3. The number of ether oxygens (including phenoxy) is 1. The topological polar surface area (TPSA) is 29.5 Å². The van der Waals surface area contributed by atoms with Crippen molar-refractivity contribution >= 4 is 0 Å². The van der Waals surface area contributed by atoms with Crippen molar-refractivity contribution in [3.63, 3.8) is 0 Å². The average molecular weight is 276 g/mol. The highest BCUT2D eigenvalue weighted by Crippen LogP contribution is 2.25. The summed E-state index contributed by atoms with van der Waals surface area (Å²) in [5.41, 5.74) is 0.825. The first kappa shape index (κ1) is 16.0. The van der Waals surface area contributed by atoms with Gasteiger partial charge in [0.2, 0.25) is 0 Å². The zero-order valence-electron chi connectivity index (χ0n) is 10.9. The molecule has 1 rings (SSSR count). The maximum atomic E-state index is 11.8. The van der Waals surface area contributed by atoms with Crippen LogP contribution in [0.1, 0.15) is 31.4 Å². The Bertz CT molecular complexity index is 351. The molecular weight excluding hydrogens is 257 g/mol. The van der Waals surface area contributed by atoms with Crippen molar-refractivity contribution in [3.05, 3.63) is 35.9 Å². The molecule has 2 unspecified atom stereocenters. The van der Waals surface area contributed by atoms with E-state index in [0.29, 0.717) is 12.8 Å². The van der Waals surface area contributed by atoms with Gasteiger partial charge in [-0.05, 0) is 24.3 Å². The summed E-state index contributed by atoms with van der Waals surface area (Å²) >= 11 is 0. The summed E-state index contributed by atoms with van der Waals surface area (Å²) in [6, 6.07) is 9.23. The third-order valence-corrected chi connectivity index (χ3v) is 2.89. The lowest BCUT2D eigenvalue weighted by atomic mass is 9.93. The van der Waals surface area contributed by atoms with Crippen LogP contribution in [-0.2, 0) is 4.74 Å². The SMILES string of the molecule is CC(CCCOCC(F)(F)F)C(O)c1ccccc1. The van der Waals surface area contributed by atoms with E-state index in [1.54, 1.807) is 0 Å². The van der Waals surface area contributed by atoms with Gasteiger partial charge in [0.1, 0.15) is 6.61 Å². The molecule has 0 aliphatic carbocycles. The van der Waals surface area contributed by atoms with Gasteiger partial charge in [-0.15, -0.1) is 0 Å². The number of benzene rings is 1. The van der Waals surface area contributed by atoms with Crippen molar-refractivity contribution in [1.29, 1.82) is 0 Å². The second kappa shape index (κ2) is 7.50. The van der Waals surface area contributed by atoms with Gasteiger partial charge in [-0.3, -0.25) is 0 Å². The van der Waals surface area contributed by atoms with E-state index in [1.807, 2.05) is 37.3 Å². The predicted octanol–water partition coefficient (Wildman–Crippen LogP) is 3.72.